The van der Waals surface area contributed by atoms with Crippen LogP contribution in [0, 0.1) is 0 Å². The van der Waals surface area contributed by atoms with Crippen LogP contribution in [-0.2, 0) is 17.8 Å². The molecule has 1 aliphatic heterocycles. The van der Waals surface area contributed by atoms with Crippen LogP contribution in [0.4, 0.5) is 5.82 Å². The molecule has 8 nitrogen and oxygen atoms in total. The molecule has 8 heteroatoms. The molecule has 0 aliphatic carbocycles. The highest BCUT2D eigenvalue weighted by Crippen LogP contribution is 2.17. The van der Waals surface area contributed by atoms with Gasteiger partial charge in [-0.05, 0) is 20.3 Å². The van der Waals surface area contributed by atoms with Gasteiger partial charge in [0, 0.05) is 30.5 Å². The highest BCUT2D eigenvalue weighted by atomic mass is 16.2. The van der Waals surface area contributed by atoms with E-state index in [-0.39, 0.29) is 24.5 Å². The summed E-state index contributed by atoms with van der Waals surface area (Å²) in [5, 5.41) is 15.0. The van der Waals surface area contributed by atoms with Gasteiger partial charge in [-0.15, -0.1) is 0 Å². The number of amides is 1. The van der Waals surface area contributed by atoms with Gasteiger partial charge in [0.2, 0.25) is 5.91 Å². The van der Waals surface area contributed by atoms with Crippen LogP contribution < -0.4 is 10.6 Å². The molecule has 0 radical (unpaired) electrons. The van der Waals surface area contributed by atoms with E-state index < -0.39 is 0 Å². The number of carbonyl (C=O) groups is 1. The fourth-order valence-electron chi connectivity index (χ4n) is 2.99. The standard InChI is InChI=1S/C17H27N7O/c1-11(2)17-21-14-6-5-13(10-23(14)22-17)18-9-16(25)20-15-7-8-19-24(15)12(3)4/h7-8,11-13,18H,5-6,9-10H2,1-4H3,(H,20,25)/t13-/m0/s1. The van der Waals surface area contributed by atoms with Gasteiger partial charge in [-0.1, -0.05) is 13.8 Å². The van der Waals surface area contributed by atoms with Crippen LogP contribution in [0.1, 0.15) is 57.7 Å². The van der Waals surface area contributed by atoms with Crippen LogP contribution >= 0.6 is 0 Å². The Kier molecular flexibility index (Phi) is 5.17. The van der Waals surface area contributed by atoms with E-state index in [9.17, 15) is 4.79 Å². The van der Waals surface area contributed by atoms with Gasteiger partial charge in [0.25, 0.3) is 0 Å². The molecule has 0 fully saturated rings. The number of carbonyl (C=O) groups excluding carboxylic acids is 1. The lowest BCUT2D eigenvalue weighted by molar-refractivity contribution is -0.115. The third-order valence-corrected chi connectivity index (χ3v) is 4.37. The number of hydrogen-bond donors (Lipinski definition) is 2. The minimum Gasteiger partial charge on any atom is -0.310 e. The molecule has 2 N–H and O–H groups in total. The summed E-state index contributed by atoms with van der Waals surface area (Å²) in [5.41, 5.74) is 0. The third-order valence-electron chi connectivity index (χ3n) is 4.37. The number of hydrogen-bond acceptors (Lipinski definition) is 5. The zero-order valence-corrected chi connectivity index (χ0v) is 15.4. The van der Waals surface area contributed by atoms with Crippen LogP contribution in [0.3, 0.4) is 0 Å². The van der Waals surface area contributed by atoms with Crippen molar-refractivity contribution in [2.24, 2.45) is 0 Å². The zero-order valence-electron chi connectivity index (χ0n) is 15.4. The summed E-state index contributed by atoms with van der Waals surface area (Å²) in [5.74, 6) is 2.95. The van der Waals surface area contributed by atoms with Crippen molar-refractivity contribution in [3.05, 3.63) is 23.9 Å². The summed E-state index contributed by atoms with van der Waals surface area (Å²) >= 11 is 0. The van der Waals surface area contributed by atoms with Gasteiger partial charge in [0.05, 0.1) is 19.3 Å². The summed E-state index contributed by atoms with van der Waals surface area (Å²) in [6, 6.07) is 2.25. The van der Waals surface area contributed by atoms with Crippen LogP contribution in [0.2, 0.25) is 0 Å². The molecule has 1 aliphatic rings. The molecule has 0 saturated carbocycles. The molecule has 136 valence electrons. The molecular weight excluding hydrogens is 318 g/mol. The molecular formula is C17H27N7O. The van der Waals surface area contributed by atoms with Gasteiger partial charge in [0.15, 0.2) is 5.82 Å². The topological polar surface area (TPSA) is 89.7 Å². The highest BCUT2D eigenvalue weighted by molar-refractivity contribution is 5.91. The zero-order chi connectivity index (χ0) is 18.0. The molecule has 0 unspecified atom stereocenters. The van der Waals surface area contributed by atoms with Crippen molar-refractivity contribution in [1.82, 2.24) is 29.9 Å². The predicted octanol–water partition coefficient (Wildman–Crippen LogP) is 1.72. The summed E-state index contributed by atoms with van der Waals surface area (Å²) in [7, 11) is 0. The van der Waals surface area contributed by atoms with E-state index in [1.165, 1.54) is 0 Å². The Morgan fingerprint density at radius 1 is 1.36 bits per heavy atom. The minimum atomic E-state index is -0.0605. The van der Waals surface area contributed by atoms with Crippen molar-refractivity contribution in [1.29, 1.82) is 0 Å². The molecule has 2 aromatic heterocycles. The lowest BCUT2D eigenvalue weighted by Gasteiger charge is -2.23. The van der Waals surface area contributed by atoms with Gasteiger partial charge in [-0.3, -0.25) is 4.79 Å². The van der Waals surface area contributed by atoms with Gasteiger partial charge in [-0.2, -0.15) is 10.2 Å². The van der Waals surface area contributed by atoms with Crippen LogP contribution in [0.5, 0.6) is 0 Å². The highest BCUT2D eigenvalue weighted by Gasteiger charge is 2.22. The molecule has 0 spiro atoms. The van der Waals surface area contributed by atoms with Crippen LogP contribution in [0.15, 0.2) is 12.3 Å². The fourth-order valence-corrected chi connectivity index (χ4v) is 2.99. The number of rotatable bonds is 6. The average Bonchev–Trinajstić information content (AvgIpc) is 3.18. The van der Waals surface area contributed by atoms with E-state index in [1.54, 1.807) is 10.9 Å². The monoisotopic (exact) mass is 345 g/mol. The first-order valence-corrected chi connectivity index (χ1v) is 8.94. The lowest BCUT2D eigenvalue weighted by Crippen LogP contribution is -2.41. The lowest BCUT2D eigenvalue weighted by atomic mass is 10.1. The second-order valence-electron chi connectivity index (χ2n) is 7.14. The molecule has 1 atom stereocenters. The molecule has 2 aromatic rings. The van der Waals surface area contributed by atoms with Crippen LogP contribution in [0.25, 0.3) is 0 Å². The largest absolute Gasteiger partial charge is 0.310 e. The van der Waals surface area contributed by atoms with E-state index in [0.717, 1.165) is 36.9 Å². The number of aromatic nitrogens is 5. The van der Waals surface area contributed by atoms with Gasteiger partial charge >= 0.3 is 0 Å². The summed E-state index contributed by atoms with van der Waals surface area (Å²) in [4.78, 5) is 16.8. The Bertz CT molecular complexity index is 731. The van der Waals surface area contributed by atoms with Gasteiger partial charge in [0.1, 0.15) is 11.6 Å². The van der Waals surface area contributed by atoms with Crippen molar-refractivity contribution >= 4 is 11.7 Å². The molecule has 3 heterocycles. The molecule has 0 saturated heterocycles. The van der Waals surface area contributed by atoms with E-state index in [1.807, 2.05) is 24.6 Å². The molecule has 0 bridgehead atoms. The SMILES string of the molecule is CC(C)c1nc2n(n1)C[C@@H](NCC(=O)Nc1ccnn1C(C)C)CC2. The second kappa shape index (κ2) is 7.35. The number of aryl methyl sites for hydroxylation is 1. The van der Waals surface area contributed by atoms with Gasteiger partial charge < -0.3 is 10.6 Å². The maximum absolute atomic E-state index is 12.2. The Balaban J connectivity index is 1.52. The molecule has 1 amide bonds. The van der Waals surface area contributed by atoms with Crippen molar-refractivity contribution < 1.29 is 4.79 Å². The first-order chi connectivity index (χ1) is 11.9. The Morgan fingerprint density at radius 3 is 2.88 bits per heavy atom. The first-order valence-electron chi connectivity index (χ1n) is 8.94. The second-order valence-corrected chi connectivity index (χ2v) is 7.14. The number of nitrogens with zero attached hydrogens (tertiary/aromatic N) is 5. The third kappa shape index (κ3) is 4.07. The van der Waals surface area contributed by atoms with Gasteiger partial charge in [-0.25, -0.2) is 14.3 Å². The molecule has 25 heavy (non-hydrogen) atoms. The average molecular weight is 345 g/mol. The molecule has 0 aromatic carbocycles. The fraction of sp³-hybridized carbons (Fsp3) is 0.647. The predicted molar refractivity (Wildman–Crippen MR) is 95.5 cm³/mol. The quantitative estimate of drug-likeness (QED) is 0.832. The summed E-state index contributed by atoms with van der Waals surface area (Å²) < 4.78 is 3.77. The maximum atomic E-state index is 12.2. The van der Waals surface area contributed by atoms with Crippen molar-refractivity contribution in [3.8, 4) is 0 Å². The van der Waals surface area contributed by atoms with Crippen molar-refractivity contribution in [3.63, 3.8) is 0 Å². The summed E-state index contributed by atoms with van der Waals surface area (Å²) in [6.45, 7) is 9.29. The Hall–Kier alpha value is -2.22. The van der Waals surface area contributed by atoms with E-state index in [2.05, 4.69) is 39.7 Å². The van der Waals surface area contributed by atoms with Crippen molar-refractivity contribution in [2.45, 2.75) is 65.1 Å². The first kappa shape index (κ1) is 17.6. The minimum absolute atomic E-state index is 0.0605. The maximum Gasteiger partial charge on any atom is 0.239 e. The van der Waals surface area contributed by atoms with E-state index in [0.29, 0.717) is 5.92 Å². The number of fused-ring (bicyclic) bond motifs is 1. The van der Waals surface area contributed by atoms with E-state index in [4.69, 9.17) is 0 Å². The van der Waals surface area contributed by atoms with E-state index >= 15 is 0 Å². The Morgan fingerprint density at radius 2 is 2.16 bits per heavy atom. The molecule has 3 rings (SSSR count). The Labute approximate surface area is 148 Å². The number of anilines is 1. The summed E-state index contributed by atoms with van der Waals surface area (Å²) in [6.07, 6.45) is 3.55. The van der Waals surface area contributed by atoms with Crippen LogP contribution in [-0.4, -0.2) is 43.0 Å². The normalized spacial score (nSPS) is 17.1. The number of nitrogens with one attached hydrogen (secondary N) is 2. The van der Waals surface area contributed by atoms with Crippen molar-refractivity contribution in [2.75, 3.05) is 11.9 Å². The smallest absolute Gasteiger partial charge is 0.239 e.